The van der Waals surface area contributed by atoms with Gasteiger partial charge in [-0.25, -0.2) is 0 Å². The van der Waals surface area contributed by atoms with Gasteiger partial charge in [0.05, 0.1) is 12.2 Å². The Hall–Kier alpha value is -0.0800. The van der Waals surface area contributed by atoms with Crippen LogP contribution in [0.4, 0.5) is 0 Å². The monoisotopic (exact) mass is 202 g/mol. The SMILES string of the molecule is CC(C)(C)[C@H](O)CC[C@H](O)C(C)(C)C. The molecular weight excluding hydrogens is 176 g/mol. The van der Waals surface area contributed by atoms with Crippen molar-refractivity contribution in [1.29, 1.82) is 0 Å². The third-order valence-corrected chi connectivity index (χ3v) is 2.71. The molecule has 0 spiro atoms. The van der Waals surface area contributed by atoms with Crippen LogP contribution in [-0.4, -0.2) is 22.4 Å². The zero-order chi connectivity index (χ0) is 11.6. The second-order valence-electron chi connectivity index (χ2n) is 6.34. The van der Waals surface area contributed by atoms with Gasteiger partial charge in [-0.05, 0) is 23.7 Å². The third kappa shape index (κ3) is 4.97. The number of rotatable bonds is 3. The minimum atomic E-state index is -0.334. The van der Waals surface area contributed by atoms with E-state index in [1.165, 1.54) is 0 Å². The number of aliphatic hydroxyl groups is 2. The Kier molecular flexibility index (Phi) is 4.60. The first-order valence-corrected chi connectivity index (χ1v) is 5.41. The van der Waals surface area contributed by atoms with E-state index in [9.17, 15) is 10.2 Å². The number of aliphatic hydroxyl groups excluding tert-OH is 2. The maximum Gasteiger partial charge on any atom is 0.0589 e. The van der Waals surface area contributed by atoms with Gasteiger partial charge < -0.3 is 10.2 Å². The second-order valence-corrected chi connectivity index (χ2v) is 6.34. The first-order chi connectivity index (χ1) is 6.05. The van der Waals surface area contributed by atoms with Crippen LogP contribution in [0.2, 0.25) is 0 Å². The van der Waals surface area contributed by atoms with Crippen molar-refractivity contribution in [1.82, 2.24) is 0 Å². The maximum absolute atomic E-state index is 9.79. The summed E-state index contributed by atoms with van der Waals surface area (Å²) < 4.78 is 0. The summed E-state index contributed by atoms with van der Waals surface area (Å²) >= 11 is 0. The molecule has 2 N–H and O–H groups in total. The van der Waals surface area contributed by atoms with Gasteiger partial charge >= 0.3 is 0 Å². The van der Waals surface area contributed by atoms with E-state index < -0.39 is 0 Å². The zero-order valence-corrected chi connectivity index (χ0v) is 10.5. The Morgan fingerprint density at radius 1 is 0.714 bits per heavy atom. The molecule has 0 aliphatic carbocycles. The molecule has 0 radical (unpaired) electrons. The molecule has 14 heavy (non-hydrogen) atoms. The van der Waals surface area contributed by atoms with Crippen LogP contribution in [0.1, 0.15) is 54.4 Å². The van der Waals surface area contributed by atoms with E-state index in [0.717, 1.165) is 0 Å². The second kappa shape index (κ2) is 4.63. The topological polar surface area (TPSA) is 40.5 Å². The van der Waals surface area contributed by atoms with E-state index in [1.54, 1.807) is 0 Å². The highest BCUT2D eigenvalue weighted by Gasteiger charge is 2.26. The van der Waals surface area contributed by atoms with Gasteiger partial charge in [0, 0.05) is 0 Å². The fourth-order valence-corrected chi connectivity index (χ4v) is 1.18. The van der Waals surface area contributed by atoms with Crippen molar-refractivity contribution in [2.45, 2.75) is 66.6 Å². The van der Waals surface area contributed by atoms with E-state index in [2.05, 4.69) is 0 Å². The van der Waals surface area contributed by atoms with Gasteiger partial charge in [-0.15, -0.1) is 0 Å². The molecule has 0 amide bonds. The van der Waals surface area contributed by atoms with E-state index >= 15 is 0 Å². The molecule has 0 rings (SSSR count). The van der Waals surface area contributed by atoms with Gasteiger partial charge in [0.2, 0.25) is 0 Å². The Balaban J connectivity index is 3.96. The normalized spacial score (nSPS) is 18.0. The van der Waals surface area contributed by atoms with Crippen LogP contribution in [-0.2, 0) is 0 Å². The lowest BCUT2D eigenvalue weighted by molar-refractivity contribution is 0.0115. The van der Waals surface area contributed by atoms with Crippen molar-refractivity contribution in [2.24, 2.45) is 10.8 Å². The summed E-state index contributed by atoms with van der Waals surface area (Å²) in [6, 6.07) is 0. The molecule has 0 unspecified atom stereocenters. The summed E-state index contributed by atoms with van der Waals surface area (Å²) in [4.78, 5) is 0. The molecule has 0 aromatic carbocycles. The summed E-state index contributed by atoms with van der Waals surface area (Å²) in [5.74, 6) is 0. The Morgan fingerprint density at radius 2 is 0.929 bits per heavy atom. The van der Waals surface area contributed by atoms with Crippen molar-refractivity contribution in [2.75, 3.05) is 0 Å². The van der Waals surface area contributed by atoms with Crippen LogP contribution < -0.4 is 0 Å². The lowest BCUT2D eigenvalue weighted by Crippen LogP contribution is -2.31. The highest BCUT2D eigenvalue weighted by Crippen LogP contribution is 2.27. The van der Waals surface area contributed by atoms with E-state index in [4.69, 9.17) is 0 Å². The van der Waals surface area contributed by atoms with E-state index in [0.29, 0.717) is 12.8 Å². The zero-order valence-electron chi connectivity index (χ0n) is 10.5. The van der Waals surface area contributed by atoms with Crippen molar-refractivity contribution in [3.05, 3.63) is 0 Å². The van der Waals surface area contributed by atoms with Crippen molar-refractivity contribution < 1.29 is 10.2 Å². The molecular formula is C12H26O2. The molecule has 0 aromatic rings. The van der Waals surface area contributed by atoms with Gasteiger partial charge in [0.25, 0.3) is 0 Å². The summed E-state index contributed by atoms with van der Waals surface area (Å²) in [7, 11) is 0. The number of hydrogen-bond donors (Lipinski definition) is 2. The largest absolute Gasteiger partial charge is 0.393 e. The molecule has 2 heteroatoms. The average molecular weight is 202 g/mol. The predicted octanol–water partition coefficient (Wildman–Crippen LogP) is 2.58. The van der Waals surface area contributed by atoms with E-state index in [1.807, 2.05) is 41.5 Å². The third-order valence-electron chi connectivity index (χ3n) is 2.71. The molecule has 2 nitrogen and oxygen atoms in total. The molecule has 2 atom stereocenters. The smallest absolute Gasteiger partial charge is 0.0589 e. The average Bonchev–Trinajstić information content (AvgIpc) is 1.95. The minimum Gasteiger partial charge on any atom is -0.393 e. The molecule has 0 saturated carbocycles. The maximum atomic E-state index is 9.79. The molecule has 86 valence electrons. The molecule has 0 heterocycles. The Morgan fingerprint density at radius 3 is 1.07 bits per heavy atom. The predicted molar refractivity (Wildman–Crippen MR) is 60.2 cm³/mol. The molecule has 0 bridgehead atoms. The first-order valence-electron chi connectivity index (χ1n) is 5.41. The first kappa shape index (κ1) is 13.9. The molecule has 0 aliphatic heterocycles. The van der Waals surface area contributed by atoms with Crippen molar-refractivity contribution in [3.8, 4) is 0 Å². The highest BCUT2D eigenvalue weighted by atomic mass is 16.3. The minimum absolute atomic E-state index is 0.0857. The van der Waals surface area contributed by atoms with Crippen LogP contribution in [0.3, 0.4) is 0 Å². The van der Waals surface area contributed by atoms with Gasteiger partial charge in [-0.3, -0.25) is 0 Å². The Labute approximate surface area is 88.3 Å². The van der Waals surface area contributed by atoms with Crippen LogP contribution in [0, 0.1) is 10.8 Å². The number of hydrogen-bond acceptors (Lipinski definition) is 2. The van der Waals surface area contributed by atoms with Crippen molar-refractivity contribution in [3.63, 3.8) is 0 Å². The summed E-state index contributed by atoms with van der Waals surface area (Å²) in [5.41, 5.74) is -0.171. The van der Waals surface area contributed by atoms with Crippen molar-refractivity contribution >= 4 is 0 Å². The van der Waals surface area contributed by atoms with Crippen LogP contribution in [0.25, 0.3) is 0 Å². The fraction of sp³-hybridized carbons (Fsp3) is 1.00. The molecule has 0 aromatic heterocycles. The van der Waals surface area contributed by atoms with Gasteiger partial charge in [0.15, 0.2) is 0 Å². The van der Waals surface area contributed by atoms with Gasteiger partial charge in [-0.2, -0.15) is 0 Å². The van der Waals surface area contributed by atoms with Crippen LogP contribution in [0.15, 0.2) is 0 Å². The molecule has 0 saturated heterocycles. The standard InChI is InChI=1S/C12H26O2/c1-11(2,3)9(13)7-8-10(14)12(4,5)6/h9-10,13-14H,7-8H2,1-6H3/t9-,10+. The molecule has 0 aliphatic rings. The Bertz CT molecular complexity index is 142. The highest BCUT2D eigenvalue weighted by molar-refractivity contribution is 4.78. The molecule has 0 fully saturated rings. The summed E-state index contributed by atoms with van der Waals surface area (Å²) in [5, 5.41) is 19.6. The van der Waals surface area contributed by atoms with Gasteiger partial charge in [-0.1, -0.05) is 41.5 Å². The van der Waals surface area contributed by atoms with E-state index in [-0.39, 0.29) is 23.0 Å². The fourth-order valence-electron chi connectivity index (χ4n) is 1.18. The van der Waals surface area contributed by atoms with Gasteiger partial charge in [0.1, 0.15) is 0 Å². The summed E-state index contributed by atoms with van der Waals surface area (Å²) in [6.07, 6.45) is 0.670. The quantitative estimate of drug-likeness (QED) is 0.738. The van der Waals surface area contributed by atoms with Crippen LogP contribution in [0.5, 0.6) is 0 Å². The van der Waals surface area contributed by atoms with Crippen LogP contribution >= 0.6 is 0 Å². The lowest BCUT2D eigenvalue weighted by atomic mass is 9.81. The lowest BCUT2D eigenvalue weighted by Gasteiger charge is -2.30. The summed E-state index contributed by atoms with van der Waals surface area (Å²) in [6.45, 7) is 12.1.